The van der Waals surface area contributed by atoms with E-state index in [1.807, 2.05) is 11.6 Å². The minimum absolute atomic E-state index is 0.344. The van der Waals surface area contributed by atoms with E-state index in [2.05, 4.69) is 23.1 Å². The topological polar surface area (TPSA) is 70.9 Å². The second kappa shape index (κ2) is 4.14. The number of nitriles is 1. The molecule has 1 aliphatic heterocycles. The summed E-state index contributed by atoms with van der Waals surface area (Å²) in [5, 5.41) is 13.3. The van der Waals surface area contributed by atoms with Crippen molar-refractivity contribution < 1.29 is 0 Å². The van der Waals surface area contributed by atoms with Gasteiger partial charge in [-0.05, 0) is 39.9 Å². The Labute approximate surface area is 95.4 Å². The van der Waals surface area contributed by atoms with Gasteiger partial charge in [0.1, 0.15) is 17.5 Å². The fourth-order valence-corrected chi connectivity index (χ4v) is 2.22. The summed E-state index contributed by atoms with van der Waals surface area (Å²) in [5.41, 5.74) is 7.21. The van der Waals surface area contributed by atoms with Crippen molar-refractivity contribution >= 4 is 5.82 Å². The molecule has 5 nitrogen and oxygen atoms in total. The van der Waals surface area contributed by atoms with Crippen molar-refractivity contribution in [3.63, 3.8) is 0 Å². The molecular formula is C11H17N5. The highest BCUT2D eigenvalue weighted by atomic mass is 15.3. The SMILES string of the molecule is Cc1nn(C2CCN(C)CC2)c(N)c1C#N. The van der Waals surface area contributed by atoms with Crippen LogP contribution in [0.15, 0.2) is 0 Å². The number of likely N-dealkylation sites (tertiary alicyclic amines) is 1. The number of nitrogens with two attached hydrogens (primary N) is 1. The number of aryl methyl sites for hydroxylation is 1. The van der Waals surface area contributed by atoms with Crippen LogP contribution in [0.25, 0.3) is 0 Å². The first-order valence-corrected chi connectivity index (χ1v) is 5.56. The van der Waals surface area contributed by atoms with Gasteiger partial charge in [-0.1, -0.05) is 0 Å². The zero-order valence-electron chi connectivity index (χ0n) is 9.77. The lowest BCUT2D eigenvalue weighted by Gasteiger charge is -2.29. The number of piperidine rings is 1. The normalized spacial score (nSPS) is 18.6. The molecule has 0 saturated carbocycles. The largest absolute Gasteiger partial charge is 0.383 e. The number of rotatable bonds is 1. The van der Waals surface area contributed by atoms with E-state index >= 15 is 0 Å². The number of nitrogens with zero attached hydrogens (tertiary/aromatic N) is 4. The molecule has 0 radical (unpaired) electrons. The van der Waals surface area contributed by atoms with Crippen LogP contribution >= 0.6 is 0 Å². The van der Waals surface area contributed by atoms with E-state index in [1.54, 1.807) is 0 Å². The molecule has 0 aromatic carbocycles. The van der Waals surface area contributed by atoms with Crippen molar-refractivity contribution in [3.8, 4) is 6.07 Å². The Kier molecular flexibility index (Phi) is 2.84. The van der Waals surface area contributed by atoms with Crippen LogP contribution < -0.4 is 5.73 Å². The van der Waals surface area contributed by atoms with E-state index in [-0.39, 0.29) is 0 Å². The molecule has 1 saturated heterocycles. The molecular weight excluding hydrogens is 202 g/mol. The quantitative estimate of drug-likeness (QED) is 0.762. The van der Waals surface area contributed by atoms with Crippen LogP contribution in [-0.2, 0) is 0 Å². The highest BCUT2D eigenvalue weighted by Crippen LogP contribution is 2.26. The van der Waals surface area contributed by atoms with Gasteiger partial charge in [-0.15, -0.1) is 0 Å². The van der Waals surface area contributed by atoms with E-state index in [4.69, 9.17) is 11.0 Å². The standard InChI is InChI=1S/C11H17N5/c1-8-10(7-12)11(13)16(14-8)9-3-5-15(2)6-4-9/h9H,3-6,13H2,1-2H3. The molecule has 2 heterocycles. The van der Waals surface area contributed by atoms with Gasteiger partial charge in [0, 0.05) is 0 Å². The molecule has 2 rings (SSSR count). The maximum Gasteiger partial charge on any atom is 0.140 e. The highest BCUT2D eigenvalue weighted by Gasteiger charge is 2.23. The van der Waals surface area contributed by atoms with Gasteiger partial charge < -0.3 is 10.6 Å². The number of aromatic nitrogens is 2. The Morgan fingerprint density at radius 3 is 2.56 bits per heavy atom. The molecule has 16 heavy (non-hydrogen) atoms. The predicted molar refractivity (Wildman–Crippen MR) is 61.9 cm³/mol. The number of anilines is 1. The Balaban J connectivity index is 2.25. The van der Waals surface area contributed by atoms with Crippen LogP contribution in [0.4, 0.5) is 5.82 Å². The van der Waals surface area contributed by atoms with E-state index in [0.29, 0.717) is 17.4 Å². The van der Waals surface area contributed by atoms with Gasteiger partial charge in [0.15, 0.2) is 0 Å². The lowest BCUT2D eigenvalue weighted by molar-refractivity contribution is 0.213. The van der Waals surface area contributed by atoms with Gasteiger partial charge in [0.05, 0.1) is 11.7 Å². The number of nitrogen functional groups attached to an aromatic ring is 1. The molecule has 0 aliphatic carbocycles. The molecule has 0 unspecified atom stereocenters. The molecule has 1 aromatic heterocycles. The van der Waals surface area contributed by atoms with Crippen molar-refractivity contribution in [2.45, 2.75) is 25.8 Å². The van der Waals surface area contributed by atoms with E-state index in [1.165, 1.54) is 0 Å². The molecule has 5 heteroatoms. The first-order chi connectivity index (χ1) is 7.63. The lowest BCUT2D eigenvalue weighted by Crippen LogP contribution is -2.32. The third-order valence-corrected chi connectivity index (χ3v) is 3.27. The molecule has 1 aliphatic rings. The van der Waals surface area contributed by atoms with Gasteiger partial charge >= 0.3 is 0 Å². The average molecular weight is 219 g/mol. The summed E-state index contributed by atoms with van der Waals surface area (Å²) in [7, 11) is 2.12. The summed E-state index contributed by atoms with van der Waals surface area (Å²) in [6.45, 7) is 3.95. The second-order valence-electron chi connectivity index (χ2n) is 4.44. The van der Waals surface area contributed by atoms with E-state index < -0.39 is 0 Å². The summed E-state index contributed by atoms with van der Waals surface area (Å²) >= 11 is 0. The molecule has 0 spiro atoms. The molecule has 2 N–H and O–H groups in total. The monoisotopic (exact) mass is 219 g/mol. The van der Waals surface area contributed by atoms with Crippen LogP contribution in [0.3, 0.4) is 0 Å². The smallest absolute Gasteiger partial charge is 0.140 e. The van der Waals surface area contributed by atoms with Gasteiger partial charge in [-0.3, -0.25) is 0 Å². The summed E-state index contributed by atoms with van der Waals surface area (Å²) < 4.78 is 1.83. The van der Waals surface area contributed by atoms with Gasteiger partial charge in [-0.25, -0.2) is 4.68 Å². The van der Waals surface area contributed by atoms with Crippen molar-refractivity contribution in [2.75, 3.05) is 25.9 Å². The van der Waals surface area contributed by atoms with Crippen molar-refractivity contribution in [1.29, 1.82) is 5.26 Å². The Morgan fingerprint density at radius 2 is 2.06 bits per heavy atom. The number of hydrogen-bond donors (Lipinski definition) is 1. The van der Waals surface area contributed by atoms with E-state index in [9.17, 15) is 0 Å². The fourth-order valence-electron chi connectivity index (χ4n) is 2.22. The van der Waals surface area contributed by atoms with Gasteiger partial charge in [-0.2, -0.15) is 10.4 Å². The predicted octanol–water partition coefficient (Wildman–Crippen LogP) is 0.912. The highest BCUT2D eigenvalue weighted by molar-refractivity contribution is 5.51. The van der Waals surface area contributed by atoms with Crippen LogP contribution in [0.2, 0.25) is 0 Å². The first-order valence-electron chi connectivity index (χ1n) is 5.56. The van der Waals surface area contributed by atoms with Gasteiger partial charge in [0.25, 0.3) is 0 Å². The van der Waals surface area contributed by atoms with Crippen LogP contribution in [0.5, 0.6) is 0 Å². The third-order valence-electron chi connectivity index (χ3n) is 3.27. The molecule has 0 bridgehead atoms. The zero-order valence-corrected chi connectivity index (χ0v) is 9.77. The lowest BCUT2D eigenvalue weighted by atomic mass is 10.1. The average Bonchev–Trinajstić information content (AvgIpc) is 2.55. The Morgan fingerprint density at radius 1 is 1.44 bits per heavy atom. The fraction of sp³-hybridized carbons (Fsp3) is 0.636. The summed E-state index contributed by atoms with van der Waals surface area (Å²) in [5.74, 6) is 0.523. The second-order valence-corrected chi connectivity index (χ2v) is 4.44. The number of hydrogen-bond acceptors (Lipinski definition) is 4. The first kappa shape index (κ1) is 11.0. The zero-order chi connectivity index (χ0) is 11.7. The molecule has 0 atom stereocenters. The van der Waals surface area contributed by atoms with Crippen molar-refractivity contribution in [1.82, 2.24) is 14.7 Å². The molecule has 86 valence electrons. The molecule has 0 amide bonds. The van der Waals surface area contributed by atoms with E-state index in [0.717, 1.165) is 31.6 Å². The maximum absolute atomic E-state index is 8.96. The van der Waals surface area contributed by atoms with Crippen molar-refractivity contribution in [2.24, 2.45) is 0 Å². The molecule has 1 fully saturated rings. The summed E-state index contributed by atoms with van der Waals surface area (Å²) in [6, 6.07) is 2.46. The summed E-state index contributed by atoms with van der Waals surface area (Å²) in [4.78, 5) is 2.30. The third kappa shape index (κ3) is 1.76. The maximum atomic E-state index is 8.96. The summed E-state index contributed by atoms with van der Waals surface area (Å²) in [6.07, 6.45) is 2.10. The van der Waals surface area contributed by atoms with Crippen LogP contribution in [-0.4, -0.2) is 34.8 Å². The van der Waals surface area contributed by atoms with Crippen molar-refractivity contribution in [3.05, 3.63) is 11.3 Å². The Bertz CT molecular complexity index is 420. The van der Waals surface area contributed by atoms with Crippen LogP contribution in [0.1, 0.15) is 30.1 Å². The Hall–Kier alpha value is -1.54. The minimum atomic E-state index is 0.344. The van der Waals surface area contributed by atoms with Gasteiger partial charge in [0.2, 0.25) is 0 Å². The minimum Gasteiger partial charge on any atom is -0.383 e. The van der Waals surface area contributed by atoms with Crippen LogP contribution in [0, 0.1) is 18.3 Å². The molecule has 1 aromatic rings.